The summed E-state index contributed by atoms with van der Waals surface area (Å²) in [6.45, 7) is -0.0791. The van der Waals surface area contributed by atoms with E-state index < -0.39 is 17.6 Å². The Morgan fingerprint density at radius 2 is 1.67 bits per heavy atom. The van der Waals surface area contributed by atoms with Crippen LogP contribution in [0, 0.1) is 0 Å². The molecule has 1 aromatic heterocycles. The molecular weight excluding hydrogens is 375 g/mol. The minimum Gasteiger partial charge on any atom is -0.348 e. The molecule has 0 aliphatic heterocycles. The van der Waals surface area contributed by atoms with Gasteiger partial charge in [0.1, 0.15) is 0 Å². The highest BCUT2D eigenvalue weighted by molar-refractivity contribution is 7.12. The Kier molecular flexibility index (Phi) is 5.41. The molecule has 3 aromatic rings. The smallest absolute Gasteiger partial charge is 0.348 e. The number of amides is 1. The van der Waals surface area contributed by atoms with Crippen LogP contribution in [0.2, 0.25) is 0 Å². The highest BCUT2D eigenvalue weighted by Crippen LogP contribution is 2.29. The lowest BCUT2D eigenvalue weighted by atomic mass is 10.0. The summed E-state index contributed by atoms with van der Waals surface area (Å²) < 4.78 is 38.4. The number of carbonyl (C=O) groups is 2. The molecule has 0 aliphatic rings. The van der Waals surface area contributed by atoms with E-state index >= 15 is 0 Å². The summed E-state index contributed by atoms with van der Waals surface area (Å²) in [6.07, 6.45) is -4.44. The minimum absolute atomic E-state index is 0.0791. The molecule has 0 aliphatic carbocycles. The third-order valence-electron chi connectivity index (χ3n) is 3.87. The van der Waals surface area contributed by atoms with Gasteiger partial charge in [0.05, 0.1) is 16.0 Å². The van der Waals surface area contributed by atoms with E-state index in [0.717, 1.165) is 12.1 Å². The molecule has 138 valence electrons. The van der Waals surface area contributed by atoms with Gasteiger partial charge in [-0.3, -0.25) is 9.59 Å². The first-order valence-electron chi connectivity index (χ1n) is 7.98. The fourth-order valence-electron chi connectivity index (χ4n) is 2.55. The van der Waals surface area contributed by atoms with E-state index in [0.29, 0.717) is 10.4 Å². The molecule has 0 saturated carbocycles. The molecule has 1 N–H and O–H groups in total. The predicted octanol–water partition coefficient (Wildman–Crippen LogP) is 4.93. The van der Waals surface area contributed by atoms with E-state index in [9.17, 15) is 22.8 Å². The van der Waals surface area contributed by atoms with Gasteiger partial charge in [-0.25, -0.2) is 0 Å². The fraction of sp³-hybridized carbons (Fsp3) is 0.100. The number of benzene rings is 2. The van der Waals surface area contributed by atoms with Crippen LogP contribution in [-0.4, -0.2) is 11.7 Å². The van der Waals surface area contributed by atoms with E-state index in [1.807, 2.05) is 0 Å². The van der Waals surface area contributed by atoms with Gasteiger partial charge in [-0.2, -0.15) is 13.2 Å². The van der Waals surface area contributed by atoms with Crippen molar-refractivity contribution < 1.29 is 22.8 Å². The summed E-state index contributed by atoms with van der Waals surface area (Å²) >= 11 is 1.27. The first kappa shape index (κ1) is 18.8. The van der Waals surface area contributed by atoms with Crippen LogP contribution < -0.4 is 5.32 Å². The Bertz CT molecular complexity index is 965. The van der Waals surface area contributed by atoms with Crippen LogP contribution in [0.15, 0.2) is 66.0 Å². The van der Waals surface area contributed by atoms with Crippen LogP contribution in [0.25, 0.3) is 0 Å². The van der Waals surface area contributed by atoms with E-state index in [2.05, 4.69) is 5.32 Å². The predicted molar refractivity (Wildman–Crippen MR) is 96.8 cm³/mol. The van der Waals surface area contributed by atoms with Crippen molar-refractivity contribution in [2.24, 2.45) is 0 Å². The number of alkyl halides is 3. The molecule has 3 rings (SSSR count). The van der Waals surface area contributed by atoms with Crippen molar-refractivity contribution in [1.29, 1.82) is 0 Å². The van der Waals surface area contributed by atoms with Gasteiger partial charge < -0.3 is 5.32 Å². The summed E-state index contributed by atoms with van der Waals surface area (Å²) in [7, 11) is 0. The van der Waals surface area contributed by atoms with Gasteiger partial charge in [0.25, 0.3) is 5.91 Å². The zero-order chi connectivity index (χ0) is 19.4. The van der Waals surface area contributed by atoms with Crippen molar-refractivity contribution in [2.45, 2.75) is 12.7 Å². The Labute approximate surface area is 157 Å². The monoisotopic (exact) mass is 389 g/mol. The van der Waals surface area contributed by atoms with E-state index in [-0.39, 0.29) is 23.5 Å². The van der Waals surface area contributed by atoms with Crippen LogP contribution in [-0.2, 0) is 12.7 Å². The molecule has 2 aromatic carbocycles. The lowest BCUT2D eigenvalue weighted by molar-refractivity contribution is -0.137. The fourth-order valence-corrected chi connectivity index (χ4v) is 3.23. The van der Waals surface area contributed by atoms with E-state index in [4.69, 9.17) is 0 Å². The molecule has 0 radical (unpaired) electrons. The summed E-state index contributed by atoms with van der Waals surface area (Å²) in [5, 5.41) is 4.35. The van der Waals surface area contributed by atoms with Crippen molar-refractivity contribution in [2.75, 3.05) is 0 Å². The number of rotatable bonds is 5. The van der Waals surface area contributed by atoms with E-state index in [1.54, 1.807) is 35.7 Å². The second-order valence-electron chi connectivity index (χ2n) is 5.73. The molecule has 0 spiro atoms. The molecule has 0 bridgehead atoms. The highest BCUT2D eigenvalue weighted by atomic mass is 32.1. The van der Waals surface area contributed by atoms with Crippen molar-refractivity contribution in [3.8, 4) is 0 Å². The van der Waals surface area contributed by atoms with Gasteiger partial charge in [-0.1, -0.05) is 36.4 Å². The zero-order valence-electron chi connectivity index (χ0n) is 13.9. The maximum Gasteiger partial charge on any atom is 0.416 e. The normalized spacial score (nSPS) is 11.2. The molecule has 0 saturated heterocycles. The number of ketones is 1. The largest absolute Gasteiger partial charge is 0.416 e. The van der Waals surface area contributed by atoms with Crippen molar-refractivity contribution in [3.05, 3.63) is 93.2 Å². The third kappa shape index (κ3) is 4.43. The number of halogens is 3. The number of carbonyl (C=O) groups excluding carboxylic acids is 2. The average Bonchev–Trinajstić information content (AvgIpc) is 3.20. The molecule has 1 heterocycles. The zero-order valence-corrected chi connectivity index (χ0v) is 14.7. The lowest BCUT2D eigenvalue weighted by Gasteiger charge is -2.11. The van der Waals surface area contributed by atoms with Gasteiger partial charge >= 0.3 is 6.18 Å². The van der Waals surface area contributed by atoms with Crippen LogP contribution in [0.3, 0.4) is 0 Å². The second-order valence-corrected chi connectivity index (χ2v) is 6.68. The molecular formula is C20H14F3NO2S. The van der Waals surface area contributed by atoms with E-state index in [1.165, 1.54) is 29.5 Å². The van der Waals surface area contributed by atoms with Crippen LogP contribution in [0.1, 0.15) is 36.7 Å². The average molecular weight is 389 g/mol. The number of thiophene rings is 1. The Hall–Kier alpha value is -2.93. The van der Waals surface area contributed by atoms with Gasteiger partial charge in [0.15, 0.2) is 0 Å². The molecule has 1 amide bonds. The minimum atomic E-state index is -4.44. The van der Waals surface area contributed by atoms with Crippen molar-refractivity contribution in [3.63, 3.8) is 0 Å². The van der Waals surface area contributed by atoms with Gasteiger partial charge in [0, 0.05) is 12.1 Å². The lowest BCUT2D eigenvalue weighted by Crippen LogP contribution is -2.25. The topological polar surface area (TPSA) is 46.2 Å². The van der Waals surface area contributed by atoms with Crippen LogP contribution in [0.4, 0.5) is 13.2 Å². The number of nitrogens with one attached hydrogen (secondary N) is 1. The summed E-state index contributed by atoms with van der Waals surface area (Å²) in [4.78, 5) is 25.6. The number of hydrogen-bond acceptors (Lipinski definition) is 3. The Morgan fingerprint density at radius 3 is 2.33 bits per heavy atom. The molecule has 0 fully saturated rings. The van der Waals surface area contributed by atoms with Gasteiger partial charge in [-0.15, -0.1) is 11.3 Å². The molecule has 7 heteroatoms. The molecule has 3 nitrogen and oxygen atoms in total. The highest BCUT2D eigenvalue weighted by Gasteiger charge is 2.30. The van der Waals surface area contributed by atoms with Gasteiger partial charge in [-0.05, 0) is 35.2 Å². The maximum atomic E-state index is 12.8. The first-order valence-corrected chi connectivity index (χ1v) is 8.86. The Morgan fingerprint density at radius 1 is 0.926 bits per heavy atom. The van der Waals surface area contributed by atoms with Gasteiger partial charge in [0.2, 0.25) is 5.78 Å². The summed E-state index contributed by atoms with van der Waals surface area (Å²) in [5.41, 5.74) is -0.0212. The summed E-state index contributed by atoms with van der Waals surface area (Å²) in [6, 6.07) is 14.5. The standard InChI is InChI=1S/C20H14F3NO2S/c21-20(22,23)14-6-3-5-13(11-14)12-24-19(26)16-8-2-1-7-15(16)18(25)17-9-4-10-27-17/h1-11H,12H2,(H,24,26). The molecule has 27 heavy (non-hydrogen) atoms. The quantitative estimate of drug-likeness (QED) is 0.629. The second kappa shape index (κ2) is 7.75. The number of hydrogen-bond donors (Lipinski definition) is 1. The SMILES string of the molecule is O=C(NCc1cccc(C(F)(F)F)c1)c1ccccc1C(=O)c1cccs1. The maximum absolute atomic E-state index is 12.8. The summed E-state index contributed by atoms with van der Waals surface area (Å²) in [5.74, 6) is -0.789. The van der Waals surface area contributed by atoms with Crippen molar-refractivity contribution >= 4 is 23.0 Å². The molecule has 0 unspecified atom stereocenters. The molecule has 0 atom stereocenters. The van der Waals surface area contributed by atoms with Crippen LogP contribution >= 0.6 is 11.3 Å². The third-order valence-corrected chi connectivity index (χ3v) is 4.74. The Balaban J connectivity index is 1.77. The first-order chi connectivity index (χ1) is 12.9. The van der Waals surface area contributed by atoms with Crippen LogP contribution in [0.5, 0.6) is 0 Å². The van der Waals surface area contributed by atoms with Crippen molar-refractivity contribution in [1.82, 2.24) is 5.32 Å².